The highest BCUT2D eigenvalue weighted by atomic mass is 16.7. The Morgan fingerprint density at radius 1 is 0.884 bits per heavy atom. The van der Waals surface area contributed by atoms with Crippen LogP contribution >= 0.6 is 0 Å². The van der Waals surface area contributed by atoms with E-state index in [4.69, 9.17) is 18.9 Å². The van der Waals surface area contributed by atoms with E-state index in [0.29, 0.717) is 11.5 Å². The minimum Gasteiger partial charge on any atom is -0.493 e. The topological polar surface area (TPSA) is 99.7 Å². The lowest BCUT2D eigenvalue weighted by atomic mass is 9.88. The van der Waals surface area contributed by atoms with Gasteiger partial charge in [-0.1, -0.05) is 24.3 Å². The Bertz CT molecular complexity index is 2120. The Hall–Kier alpha value is -5.57. The molecule has 4 aromatic carbocycles. The van der Waals surface area contributed by atoms with Crippen LogP contribution in [-0.4, -0.2) is 30.9 Å². The quantitative estimate of drug-likeness (QED) is 0.138. The summed E-state index contributed by atoms with van der Waals surface area (Å²) in [7, 11) is 3.32. The molecule has 0 atom stereocenters. The standard InChI is InChI=1S/C34H26N3O6/c1-40-29-10-8-24-26(34(29)41-2)17-36-12-11-21-15-30-31(43-18-42-30)16-25(21)33(36)32(24)20-5-3-19(4-6-20)28-14-22-13-23(37(38)39)7-9-27(22)35-28/h3-10,13-17,35H,11-12,18H2,1-2H3/q+1. The van der Waals surface area contributed by atoms with Crippen molar-refractivity contribution in [1.29, 1.82) is 0 Å². The van der Waals surface area contributed by atoms with E-state index in [9.17, 15) is 10.1 Å². The Labute approximate surface area is 246 Å². The highest BCUT2D eigenvalue weighted by Crippen LogP contribution is 2.46. The fourth-order valence-corrected chi connectivity index (χ4v) is 6.40. The van der Waals surface area contributed by atoms with E-state index in [-0.39, 0.29) is 17.4 Å². The highest BCUT2D eigenvalue weighted by molar-refractivity contribution is 6.05. The van der Waals surface area contributed by atoms with Gasteiger partial charge < -0.3 is 23.9 Å². The van der Waals surface area contributed by atoms with Crippen LogP contribution in [-0.2, 0) is 13.0 Å². The minimum atomic E-state index is -0.375. The van der Waals surface area contributed by atoms with Crippen molar-refractivity contribution in [2.45, 2.75) is 13.0 Å². The fourth-order valence-electron chi connectivity index (χ4n) is 6.40. The highest BCUT2D eigenvalue weighted by Gasteiger charge is 2.33. The molecule has 0 radical (unpaired) electrons. The normalized spacial score (nSPS) is 13.2. The average molecular weight is 573 g/mol. The van der Waals surface area contributed by atoms with Crippen molar-refractivity contribution in [3.05, 3.63) is 94.7 Å². The molecular formula is C34H26N3O6+. The molecule has 2 aliphatic rings. The lowest BCUT2D eigenvalue weighted by Gasteiger charge is -2.21. The smallest absolute Gasteiger partial charge is 0.270 e. The molecule has 9 heteroatoms. The number of nitro groups is 1. The van der Waals surface area contributed by atoms with Crippen molar-refractivity contribution in [2.75, 3.05) is 21.0 Å². The molecule has 43 heavy (non-hydrogen) atoms. The largest absolute Gasteiger partial charge is 0.493 e. The zero-order chi connectivity index (χ0) is 29.2. The van der Waals surface area contributed by atoms with Gasteiger partial charge in [0.1, 0.15) is 0 Å². The third-order valence-electron chi connectivity index (χ3n) is 8.44. The number of fused-ring (bicyclic) bond motifs is 6. The summed E-state index contributed by atoms with van der Waals surface area (Å²) in [5.74, 6) is 2.90. The SMILES string of the molecule is COc1ccc2c(-c3ccc(-c4cc5cc([N+](=O)[O-])ccc5[nH]4)cc3)c3[n+](cc2c1OC)CCc1cc2c(cc1-3)OCO2. The summed E-state index contributed by atoms with van der Waals surface area (Å²) in [6, 6.07) is 23.4. The fraction of sp³-hybridized carbons (Fsp3) is 0.147. The molecule has 2 aromatic heterocycles. The molecule has 0 aliphatic carbocycles. The molecule has 0 amide bonds. The monoisotopic (exact) mass is 572 g/mol. The van der Waals surface area contributed by atoms with E-state index >= 15 is 0 Å². The number of aromatic nitrogens is 2. The van der Waals surface area contributed by atoms with Crippen LogP contribution in [0.25, 0.3) is 55.3 Å². The van der Waals surface area contributed by atoms with Crippen molar-refractivity contribution in [3.8, 4) is 56.6 Å². The molecule has 8 rings (SSSR count). The molecular weight excluding hydrogens is 546 g/mol. The van der Waals surface area contributed by atoms with Gasteiger partial charge in [-0.15, -0.1) is 0 Å². The molecule has 2 aliphatic heterocycles. The van der Waals surface area contributed by atoms with Gasteiger partial charge in [0.05, 0.1) is 35.7 Å². The van der Waals surface area contributed by atoms with E-state index < -0.39 is 0 Å². The van der Waals surface area contributed by atoms with Crippen LogP contribution in [0.4, 0.5) is 5.69 Å². The molecule has 0 spiro atoms. The molecule has 9 nitrogen and oxygen atoms in total. The lowest BCUT2D eigenvalue weighted by molar-refractivity contribution is -0.685. The first kappa shape index (κ1) is 25.2. The molecule has 0 saturated carbocycles. The summed E-state index contributed by atoms with van der Waals surface area (Å²) < 4.78 is 25.3. The van der Waals surface area contributed by atoms with Crippen LogP contribution < -0.4 is 23.5 Å². The van der Waals surface area contributed by atoms with E-state index in [1.807, 2.05) is 12.1 Å². The Morgan fingerprint density at radius 2 is 1.67 bits per heavy atom. The van der Waals surface area contributed by atoms with Gasteiger partial charge in [-0.3, -0.25) is 10.1 Å². The number of benzene rings is 4. The first-order valence-electron chi connectivity index (χ1n) is 13.9. The van der Waals surface area contributed by atoms with Gasteiger partial charge in [0.25, 0.3) is 5.69 Å². The van der Waals surface area contributed by atoms with Crippen LogP contribution in [0, 0.1) is 10.1 Å². The molecule has 0 saturated heterocycles. The summed E-state index contributed by atoms with van der Waals surface area (Å²) in [6.07, 6.45) is 3.01. The number of pyridine rings is 1. The van der Waals surface area contributed by atoms with Crippen LogP contribution in [0.2, 0.25) is 0 Å². The lowest BCUT2D eigenvalue weighted by Crippen LogP contribution is -2.40. The minimum absolute atomic E-state index is 0.0709. The number of nitrogens with zero attached hydrogens (tertiary/aromatic N) is 2. The molecule has 212 valence electrons. The first-order chi connectivity index (χ1) is 21.0. The molecule has 4 heterocycles. The maximum atomic E-state index is 11.3. The second-order valence-electron chi connectivity index (χ2n) is 10.7. The summed E-state index contributed by atoms with van der Waals surface area (Å²) in [6.45, 7) is 1.02. The predicted octanol–water partition coefficient (Wildman–Crippen LogP) is 6.82. The van der Waals surface area contributed by atoms with Crippen LogP contribution in [0.3, 0.4) is 0 Å². The number of aryl methyl sites for hydroxylation is 2. The molecule has 6 aromatic rings. The number of non-ortho nitro benzene ring substituents is 1. The van der Waals surface area contributed by atoms with Gasteiger partial charge >= 0.3 is 0 Å². The number of nitro benzene ring substituents is 1. The predicted molar refractivity (Wildman–Crippen MR) is 162 cm³/mol. The number of hydrogen-bond acceptors (Lipinski definition) is 6. The number of H-pyrrole nitrogens is 1. The first-order valence-corrected chi connectivity index (χ1v) is 13.9. The number of aromatic amines is 1. The van der Waals surface area contributed by atoms with Crippen molar-refractivity contribution in [2.24, 2.45) is 0 Å². The zero-order valence-electron chi connectivity index (χ0n) is 23.5. The maximum Gasteiger partial charge on any atom is 0.270 e. The number of methoxy groups -OCH3 is 2. The second kappa shape index (κ2) is 9.49. The van der Waals surface area contributed by atoms with Gasteiger partial charge in [0.2, 0.25) is 12.5 Å². The van der Waals surface area contributed by atoms with Gasteiger partial charge in [-0.05, 0) is 53.1 Å². The molecule has 1 N–H and O–H groups in total. The van der Waals surface area contributed by atoms with Gasteiger partial charge in [-0.25, -0.2) is 0 Å². The van der Waals surface area contributed by atoms with E-state index in [0.717, 1.165) is 79.8 Å². The number of ether oxygens (including phenoxy) is 4. The summed E-state index contributed by atoms with van der Waals surface area (Å²) in [5.41, 5.74) is 8.34. The summed E-state index contributed by atoms with van der Waals surface area (Å²) in [4.78, 5) is 14.3. The van der Waals surface area contributed by atoms with E-state index in [2.05, 4.69) is 58.2 Å². The van der Waals surface area contributed by atoms with Crippen LogP contribution in [0.1, 0.15) is 5.56 Å². The Kier molecular flexibility index (Phi) is 5.55. The average Bonchev–Trinajstić information content (AvgIpc) is 3.68. The number of rotatable bonds is 5. The van der Waals surface area contributed by atoms with Gasteiger partial charge in [0.15, 0.2) is 35.7 Å². The number of hydrogen-bond donors (Lipinski definition) is 1. The second-order valence-corrected chi connectivity index (χ2v) is 10.7. The van der Waals surface area contributed by atoms with E-state index in [1.165, 1.54) is 11.6 Å². The maximum absolute atomic E-state index is 11.3. The summed E-state index contributed by atoms with van der Waals surface area (Å²) >= 11 is 0. The van der Waals surface area contributed by atoms with Crippen molar-refractivity contribution < 1.29 is 28.4 Å². The third-order valence-corrected chi connectivity index (χ3v) is 8.44. The van der Waals surface area contributed by atoms with Crippen molar-refractivity contribution in [3.63, 3.8) is 0 Å². The Balaban J connectivity index is 1.33. The van der Waals surface area contributed by atoms with Crippen LogP contribution in [0.5, 0.6) is 23.0 Å². The summed E-state index contributed by atoms with van der Waals surface area (Å²) in [5, 5.41) is 14.1. The van der Waals surface area contributed by atoms with Crippen LogP contribution in [0.15, 0.2) is 79.0 Å². The van der Waals surface area contributed by atoms with Crippen molar-refractivity contribution >= 4 is 27.4 Å². The molecule has 0 fully saturated rings. The van der Waals surface area contributed by atoms with Crippen molar-refractivity contribution in [1.82, 2.24) is 4.98 Å². The van der Waals surface area contributed by atoms with Gasteiger partial charge in [-0.2, -0.15) is 4.57 Å². The molecule has 0 bridgehead atoms. The third kappa shape index (κ3) is 3.89. The number of nitrogens with one attached hydrogen (secondary N) is 1. The molecule has 0 unspecified atom stereocenters. The Morgan fingerprint density at radius 3 is 2.44 bits per heavy atom. The zero-order valence-corrected chi connectivity index (χ0v) is 23.5. The van der Waals surface area contributed by atoms with E-state index in [1.54, 1.807) is 26.4 Å². The van der Waals surface area contributed by atoms with Gasteiger partial charge in [0, 0.05) is 40.5 Å².